The number of amides is 1. The summed E-state index contributed by atoms with van der Waals surface area (Å²) in [5.74, 6) is 0.129. The summed E-state index contributed by atoms with van der Waals surface area (Å²) in [5, 5.41) is 0. The van der Waals surface area contributed by atoms with Gasteiger partial charge in [0.15, 0.2) is 0 Å². The van der Waals surface area contributed by atoms with Crippen LogP contribution in [0.2, 0.25) is 0 Å². The van der Waals surface area contributed by atoms with Gasteiger partial charge in [-0.2, -0.15) is 0 Å². The average Bonchev–Trinajstić information content (AvgIpc) is 2.40. The number of para-hydroxylation sites is 1. The molecule has 0 heterocycles. The fourth-order valence-electron chi connectivity index (χ4n) is 1.80. The van der Waals surface area contributed by atoms with Crippen LogP contribution in [-0.2, 0) is 4.79 Å². The number of hydrogen-bond donors (Lipinski definition) is 1. The van der Waals surface area contributed by atoms with Crippen LogP contribution in [0, 0.1) is 0 Å². The fourth-order valence-corrected chi connectivity index (χ4v) is 1.80. The Hall–Kier alpha value is -1.35. The van der Waals surface area contributed by atoms with Gasteiger partial charge in [-0.15, -0.1) is 0 Å². The van der Waals surface area contributed by atoms with Crippen molar-refractivity contribution < 1.29 is 4.79 Å². The molecule has 0 spiro atoms. The van der Waals surface area contributed by atoms with Gasteiger partial charge in [-0.3, -0.25) is 4.79 Å². The predicted octanol–water partition coefficient (Wildman–Crippen LogP) is 2.95. The highest BCUT2D eigenvalue weighted by Gasteiger charge is 2.17. The van der Waals surface area contributed by atoms with Crippen LogP contribution >= 0.6 is 0 Å². The second-order valence-corrected chi connectivity index (χ2v) is 4.61. The first-order valence-corrected chi connectivity index (χ1v) is 6.80. The number of benzene rings is 1. The largest absolute Gasteiger partial charge is 0.327 e. The minimum absolute atomic E-state index is 0.0367. The first-order chi connectivity index (χ1) is 8.69. The highest BCUT2D eigenvalue weighted by molar-refractivity contribution is 5.93. The van der Waals surface area contributed by atoms with Crippen molar-refractivity contribution in [1.82, 2.24) is 0 Å². The molecule has 1 rings (SSSR count). The molecular weight excluding hydrogens is 224 g/mol. The van der Waals surface area contributed by atoms with E-state index in [-0.39, 0.29) is 11.9 Å². The average molecular weight is 248 g/mol. The summed E-state index contributed by atoms with van der Waals surface area (Å²) in [6.45, 7) is 4.91. The number of anilines is 1. The van der Waals surface area contributed by atoms with Crippen molar-refractivity contribution in [3.05, 3.63) is 30.3 Å². The maximum Gasteiger partial charge on any atom is 0.228 e. The molecule has 2 N–H and O–H groups in total. The molecule has 1 aromatic carbocycles. The third-order valence-electron chi connectivity index (χ3n) is 3.07. The van der Waals surface area contributed by atoms with Gasteiger partial charge in [-0.05, 0) is 25.0 Å². The summed E-state index contributed by atoms with van der Waals surface area (Å²) in [4.78, 5) is 14.1. The molecular formula is C15H24N2O. The van der Waals surface area contributed by atoms with Crippen LogP contribution in [0.1, 0.15) is 39.5 Å². The molecule has 100 valence electrons. The third-order valence-corrected chi connectivity index (χ3v) is 3.07. The van der Waals surface area contributed by atoms with Gasteiger partial charge in [0.25, 0.3) is 0 Å². The molecule has 0 fully saturated rings. The van der Waals surface area contributed by atoms with Crippen molar-refractivity contribution in [3.63, 3.8) is 0 Å². The number of rotatable bonds is 7. The van der Waals surface area contributed by atoms with Gasteiger partial charge >= 0.3 is 0 Å². The summed E-state index contributed by atoms with van der Waals surface area (Å²) >= 11 is 0. The maximum atomic E-state index is 12.3. The zero-order chi connectivity index (χ0) is 13.4. The Morgan fingerprint density at radius 2 is 1.94 bits per heavy atom. The molecule has 0 aliphatic carbocycles. The van der Waals surface area contributed by atoms with Crippen molar-refractivity contribution in [2.45, 2.75) is 45.6 Å². The van der Waals surface area contributed by atoms with E-state index in [1.54, 1.807) is 0 Å². The molecule has 1 unspecified atom stereocenters. The lowest BCUT2D eigenvalue weighted by Gasteiger charge is -2.24. The Kier molecular flexibility index (Phi) is 6.44. The van der Waals surface area contributed by atoms with Gasteiger partial charge in [-0.25, -0.2) is 0 Å². The smallest absolute Gasteiger partial charge is 0.228 e. The van der Waals surface area contributed by atoms with E-state index in [1.165, 1.54) is 0 Å². The molecule has 0 saturated carbocycles. The molecule has 0 aromatic heterocycles. The lowest BCUT2D eigenvalue weighted by molar-refractivity contribution is -0.119. The highest BCUT2D eigenvalue weighted by Crippen LogP contribution is 2.16. The summed E-state index contributed by atoms with van der Waals surface area (Å²) in [6.07, 6.45) is 3.36. The Morgan fingerprint density at radius 3 is 2.50 bits per heavy atom. The van der Waals surface area contributed by atoms with Crippen LogP contribution in [0.3, 0.4) is 0 Å². The van der Waals surface area contributed by atoms with E-state index in [9.17, 15) is 4.79 Å². The van der Waals surface area contributed by atoms with E-state index in [4.69, 9.17) is 5.73 Å². The summed E-state index contributed by atoms with van der Waals surface area (Å²) in [5.41, 5.74) is 6.84. The van der Waals surface area contributed by atoms with Crippen LogP contribution in [0.5, 0.6) is 0 Å². The predicted molar refractivity (Wildman–Crippen MR) is 76.6 cm³/mol. The van der Waals surface area contributed by atoms with E-state index >= 15 is 0 Å². The van der Waals surface area contributed by atoms with Crippen molar-refractivity contribution >= 4 is 11.6 Å². The van der Waals surface area contributed by atoms with Crippen molar-refractivity contribution in [1.29, 1.82) is 0 Å². The Labute approximate surface area is 110 Å². The molecule has 3 nitrogen and oxygen atoms in total. The molecule has 0 aliphatic rings. The molecule has 0 saturated heterocycles. The van der Waals surface area contributed by atoms with Gasteiger partial charge in [0, 0.05) is 24.7 Å². The summed E-state index contributed by atoms with van der Waals surface area (Å²) in [7, 11) is 0. The van der Waals surface area contributed by atoms with Gasteiger partial charge < -0.3 is 10.6 Å². The Balaban J connectivity index is 2.75. The van der Waals surface area contributed by atoms with Crippen LogP contribution in [0.15, 0.2) is 30.3 Å². The maximum absolute atomic E-state index is 12.3. The van der Waals surface area contributed by atoms with E-state index < -0.39 is 0 Å². The number of hydrogen-bond acceptors (Lipinski definition) is 2. The first-order valence-electron chi connectivity index (χ1n) is 6.80. The topological polar surface area (TPSA) is 46.3 Å². The zero-order valence-corrected chi connectivity index (χ0v) is 11.4. The summed E-state index contributed by atoms with van der Waals surface area (Å²) < 4.78 is 0. The third kappa shape index (κ3) is 4.49. The lowest BCUT2D eigenvalue weighted by atomic mass is 10.1. The molecule has 1 atom stereocenters. The highest BCUT2D eigenvalue weighted by atomic mass is 16.2. The van der Waals surface area contributed by atoms with Gasteiger partial charge in [0.1, 0.15) is 0 Å². The minimum Gasteiger partial charge on any atom is -0.327 e. The van der Waals surface area contributed by atoms with E-state index in [0.29, 0.717) is 6.42 Å². The Bertz CT molecular complexity index is 351. The molecule has 0 radical (unpaired) electrons. The SMILES string of the molecule is CCCCN(C(=O)CC(N)CC)c1ccccc1. The monoisotopic (exact) mass is 248 g/mol. The standard InChI is InChI=1S/C15H24N2O/c1-3-5-11-17(14-9-7-6-8-10-14)15(18)12-13(16)4-2/h6-10,13H,3-5,11-12,16H2,1-2H3. The van der Waals surface area contributed by atoms with E-state index in [1.807, 2.05) is 42.2 Å². The molecule has 1 amide bonds. The quantitative estimate of drug-likeness (QED) is 0.806. The van der Waals surface area contributed by atoms with E-state index in [2.05, 4.69) is 6.92 Å². The molecule has 0 aliphatic heterocycles. The van der Waals surface area contributed by atoms with Crippen molar-refractivity contribution in [3.8, 4) is 0 Å². The van der Waals surface area contributed by atoms with Gasteiger partial charge in [-0.1, -0.05) is 38.5 Å². The van der Waals surface area contributed by atoms with Gasteiger partial charge in [0.05, 0.1) is 0 Å². The second-order valence-electron chi connectivity index (χ2n) is 4.61. The number of nitrogens with zero attached hydrogens (tertiary/aromatic N) is 1. The Morgan fingerprint density at radius 1 is 1.28 bits per heavy atom. The molecule has 1 aromatic rings. The van der Waals surface area contributed by atoms with E-state index in [0.717, 1.165) is 31.5 Å². The van der Waals surface area contributed by atoms with Crippen LogP contribution in [0.25, 0.3) is 0 Å². The van der Waals surface area contributed by atoms with Crippen LogP contribution < -0.4 is 10.6 Å². The number of unbranched alkanes of at least 4 members (excludes halogenated alkanes) is 1. The van der Waals surface area contributed by atoms with Gasteiger partial charge in [0.2, 0.25) is 5.91 Å². The second kappa shape index (κ2) is 7.88. The minimum atomic E-state index is -0.0367. The van der Waals surface area contributed by atoms with Crippen LogP contribution in [0.4, 0.5) is 5.69 Å². The van der Waals surface area contributed by atoms with Crippen LogP contribution in [-0.4, -0.2) is 18.5 Å². The lowest BCUT2D eigenvalue weighted by Crippen LogP contribution is -2.36. The number of nitrogens with two attached hydrogens (primary N) is 1. The first kappa shape index (κ1) is 14.7. The van der Waals surface area contributed by atoms with Crippen molar-refractivity contribution in [2.75, 3.05) is 11.4 Å². The van der Waals surface area contributed by atoms with Crippen molar-refractivity contribution in [2.24, 2.45) is 5.73 Å². The molecule has 0 bridgehead atoms. The fraction of sp³-hybridized carbons (Fsp3) is 0.533. The molecule has 3 heteroatoms. The normalized spacial score (nSPS) is 12.2. The summed E-state index contributed by atoms with van der Waals surface area (Å²) in [6, 6.07) is 9.80. The molecule has 18 heavy (non-hydrogen) atoms. The number of carbonyl (C=O) groups is 1. The zero-order valence-electron chi connectivity index (χ0n) is 11.4. The number of carbonyl (C=O) groups excluding carboxylic acids is 1.